The summed E-state index contributed by atoms with van der Waals surface area (Å²) in [6.07, 6.45) is 4.80. The first-order valence-electron chi connectivity index (χ1n) is 8.10. The average Bonchev–Trinajstić information content (AvgIpc) is 2.47. The third kappa shape index (κ3) is 4.23. The molecule has 0 aliphatic heterocycles. The molecule has 1 aliphatic rings. The van der Waals surface area contributed by atoms with Crippen LogP contribution in [-0.2, 0) is 4.79 Å². The van der Waals surface area contributed by atoms with Crippen molar-refractivity contribution in [1.29, 1.82) is 0 Å². The fraction of sp³-hybridized carbons (Fsp3) is 0.611. The van der Waals surface area contributed by atoms with Gasteiger partial charge in [-0.05, 0) is 32.8 Å². The van der Waals surface area contributed by atoms with E-state index in [1.54, 1.807) is 7.11 Å². The predicted molar refractivity (Wildman–Crippen MR) is 86.9 cm³/mol. The summed E-state index contributed by atoms with van der Waals surface area (Å²) in [5, 5.41) is 13.5. The zero-order valence-electron chi connectivity index (χ0n) is 13.8. The Balaban J connectivity index is 2.00. The molecule has 0 heterocycles. The molecule has 4 heteroatoms. The largest absolute Gasteiger partial charge is 0.496 e. The maximum absolute atomic E-state index is 12.3. The molecular weight excluding hydrogens is 278 g/mol. The van der Waals surface area contributed by atoms with Crippen molar-refractivity contribution in [3.05, 3.63) is 29.3 Å². The predicted octanol–water partition coefficient (Wildman–Crippen LogP) is 3.27. The van der Waals surface area contributed by atoms with Crippen molar-refractivity contribution in [1.82, 2.24) is 5.32 Å². The minimum Gasteiger partial charge on any atom is -0.496 e. The van der Waals surface area contributed by atoms with Crippen molar-refractivity contribution in [2.75, 3.05) is 7.11 Å². The van der Waals surface area contributed by atoms with Gasteiger partial charge in [-0.2, -0.15) is 0 Å². The molecule has 0 radical (unpaired) electrons. The molecular formula is C18H27NO3. The van der Waals surface area contributed by atoms with E-state index in [0.717, 1.165) is 49.0 Å². The van der Waals surface area contributed by atoms with Gasteiger partial charge in [-0.25, -0.2) is 0 Å². The maximum atomic E-state index is 12.3. The average molecular weight is 305 g/mol. The lowest BCUT2D eigenvalue weighted by molar-refractivity contribution is -0.128. The first-order valence-corrected chi connectivity index (χ1v) is 8.10. The molecule has 1 aromatic carbocycles. The number of rotatable bonds is 5. The molecule has 1 aliphatic carbocycles. The summed E-state index contributed by atoms with van der Waals surface area (Å²) in [5.74, 6) is 0.676. The first-order chi connectivity index (χ1) is 10.4. The van der Waals surface area contributed by atoms with Gasteiger partial charge in [0.2, 0.25) is 5.91 Å². The van der Waals surface area contributed by atoms with E-state index in [-0.39, 0.29) is 18.4 Å². The second-order valence-corrected chi connectivity index (χ2v) is 6.50. The lowest BCUT2D eigenvalue weighted by Crippen LogP contribution is -2.39. The molecule has 1 saturated carbocycles. The Bertz CT molecular complexity index is 521. The molecule has 22 heavy (non-hydrogen) atoms. The van der Waals surface area contributed by atoms with Gasteiger partial charge < -0.3 is 15.2 Å². The second-order valence-electron chi connectivity index (χ2n) is 6.50. The normalized spacial score (nSPS) is 18.5. The second kappa shape index (κ2) is 7.14. The van der Waals surface area contributed by atoms with Crippen LogP contribution < -0.4 is 10.1 Å². The van der Waals surface area contributed by atoms with Crippen molar-refractivity contribution in [3.63, 3.8) is 0 Å². The number of ether oxygens (including phenoxy) is 1. The number of aryl methyl sites for hydroxylation is 1. The smallest absolute Gasteiger partial charge is 0.223 e. The van der Waals surface area contributed by atoms with Gasteiger partial charge >= 0.3 is 0 Å². The highest BCUT2D eigenvalue weighted by atomic mass is 16.5. The standard InChI is InChI=1S/C18H27NO3/c1-13-7-8-16(22-3)15(11-13)14(2)19-17(20)12-18(21)9-5-4-6-10-18/h7-8,11,14,21H,4-6,9-10,12H2,1-3H3,(H,19,20). The number of aliphatic hydroxyl groups is 1. The van der Waals surface area contributed by atoms with Gasteiger partial charge in [0.05, 0.1) is 25.2 Å². The molecule has 0 bridgehead atoms. The van der Waals surface area contributed by atoms with E-state index in [0.29, 0.717) is 0 Å². The molecule has 1 amide bonds. The van der Waals surface area contributed by atoms with Gasteiger partial charge in [0, 0.05) is 5.56 Å². The Morgan fingerprint density at radius 3 is 2.68 bits per heavy atom. The summed E-state index contributed by atoms with van der Waals surface area (Å²) in [4.78, 5) is 12.3. The Morgan fingerprint density at radius 1 is 1.36 bits per heavy atom. The lowest BCUT2D eigenvalue weighted by atomic mass is 9.82. The van der Waals surface area contributed by atoms with E-state index in [4.69, 9.17) is 4.74 Å². The Kier molecular flexibility index (Phi) is 5.46. The molecule has 0 aromatic heterocycles. The summed E-state index contributed by atoms with van der Waals surface area (Å²) in [5.41, 5.74) is 1.27. The SMILES string of the molecule is COc1ccc(C)cc1C(C)NC(=O)CC1(O)CCCCC1. The van der Waals surface area contributed by atoms with Crippen LogP contribution in [0.15, 0.2) is 18.2 Å². The maximum Gasteiger partial charge on any atom is 0.223 e. The summed E-state index contributed by atoms with van der Waals surface area (Å²) < 4.78 is 5.37. The van der Waals surface area contributed by atoms with Gasteiger partial charge in [-0.1, -0.05) is 37.0 Å². The zero-order valence-corrected chi connectivity index (χ0v) is 13.8. The highest BCUT2D eigenvalue weighted by Crippen LogP contribution is 2.31. The molecule has 0 spiro atoms. The van der Waals surface area contributed by atoms with Crippen LogP contribution in [0.2, 0.25) is 0 Å². The number of methoxy groups -OCH3 is 1. The summed E-state index contributed by atoms with van der Waals surface area (Å²) in [6.45, 7) is 3.96. The molecule has 1 aromatic rings. The van der Waals surface area contributed by atoms with Crippen LogP contribution in [0.4, 0.5) is 0 Å². The van der Waals surface area contributed by atoms with Gasteiger partial charge in [-0.15, -0.1) is 0 Å². The topological polar surface area (TPSA) is 58.6 Å². The molecule has 1 atom stereocenters. The number of hydrogen-bond donors (Lipinski definition) is 2. The minimum absolute atomic E-state index is 0.0968. The zero-order chi connectivity index (χ0) is 16.2. The Hall–Kier alpha value is -1.55. The monoisotopic (exact) mass is 305 g/mol. The number of nitrogens with one attached hydrogen (secondary N) is 1. The van der Waals surface area contributed by atoms with Crippen LogP contribution in [0.3, 0.4) is 0 Å². The summed E-state index contributed by atoms with van der Waals surface area (Å²) in [7, 11) is 1.63. The van der Waals surface area contributed by atoms with Crippen LogP contribution >= 0.6 is 0 Å². The van der Waals surface area contributed by atoms with Gasteiger partial charge in [0.1, 0.15) is 5.75 Å². The summed E-state index contributed by atoms with van der Waals surface area (Å²) in [6, 6.07) is 5.79. The van der Waals surface area contributed by atoms with Crippen molar-refractivity contribution >= 4 is 5.91 Å². The number of benzene rings is 1. The summed E-state index contributed by atoms with van der Waals surface area (Å²) >= 11 is 0. The first kappa shape index (κ1) is 16.8. The van der Waals surface area contributed by atoms with E-state index in [2.05, 4.69) is 5.32 Å². The van der Waals surface area contributed by atoms with E-state index in [1.807, 2.05) is 32.0 Å². The molecule has 4 nitrogen and oxygen atoms in total. The van der Waals surface area contributed by atoms with Crippen LogP contribution in [-0.4, -0.2) is 23.7 Å². The number of hydrogen-bond acceptors (Lipinski definition) is 3. The molecule has 1 fully saturated rings. The van der Waals surface area contributed by atoms with Gasteiger partial charge in [0.25, 0.3) is 0 Å². The Morgan fingerprint density at radius 2 is 2.05 bits per heavy atom. The highest BCUT2D eigenvalue weighted by Gasteiger charge is 2.32. The molecule has 122 valence electrons. The molecule has 1 unspecified atom stereocenters. The third-order valence-corrected chi connectivity index (χ3v) is 4.50. The van der Waals surface area contributed by atoms with Crippen LogP contribution in [0.5, 0.6) is 5.75 Å². The fourth-order valence-electron chi connectivity index (χ4n) is 3.25. The quantitative estimate of drug-likeness (QED) is 0.878. The van der Waals surface area contributed by atoms with Crippen molar-refractivity contribution in [2.45, 2.75) is 64.0 Å². The van der Waals surface area contributed by atoms with Crippen LogP contribution in [0.25, 0.3) is 0 Å². The third-order valence-electron chi connectivity index (χ3n) is 4.50. The fourth-order valence-corrected chi connectivity index (χ4v) is 3.25. The van der Waals surface area contributed by atoms with E-state index >= 15 is 0 Å². The van der Waals surface area contributed by atoms with Gasteiger partial charge in [0.15, 0.2) is 0 Å². The van der Waals surface area contributed by atoms with E-state index in [9.17, 15) is 9.90 Å². The van der Waals surface area contributed by atoms with Crippen molar-refractivity contribution < 1.29 is 14.6 Å². The highest BCUT2D eigenvalue weighted by molar-refractivity contribution is 5.77. The molecule has 0 saturated heterocycles. The molecule has 2 rings (SSSR count). The van der Waals surface area contributed by atoms with Crippen molar-refractivity contribution in [2.24, 2.45) is 0 Å². The van der Waals surface area contributed by atoms with E-state index in [1.165, 1.54) is 0 Å². The lowest BCUT2D eigenvalue weighted by Gasteiger charge is -2.32. The Labute approximate surface area is 132 Å². The number of carbonyl (C=O) groups excluding carboxylic acids is 1. The number of amides is 1. The molecule has 2 N–H and O–H groups in total. The van der Waals surface area contributed by atoms with Crippen molar-refractivity contribution in [3.8, 4) is 5.75 Å². The minimum atomic E-state index is -0.821. The van der Waals surface area contributed by atoms with Crippen LogP contribution in [0.1, 0.15) is 62.6 Å². The number of carbonyl (C=O) groups is 1. The van der Waals surface area contributed by atoms with E-state index < -0.39 is 5.60 Å². The van der Waals surface area contributed by atoms with Gasteiger partial charge in [-0.3, -0.25) is 4.79 Å². The van der Waals surface area contributed by atoms with Crippen LogP contribution in [0, 0.1) is 6.92 Å².